The number of carbonyl (C=O) groups excluding carboxylic acids is 1. The van der Waals surface area contributed by atoms with Gasteiger partial charge in [0.1, 0.15) is 5.75 Å². The van der Waals surface area contributed by atoms with Gasteiger partial charge in [0.15, 0.2) is 6.61 Å². The molecule has 0 unspecified atom stereocenters. The average molecular weight is 320 g/mol. The number of ether oxygens (including phenoxy) is 1. The summed E-state index contributed by atoms with van der Waals surface area (Å²) in [5, 5.41) is 12.5. The zero-order valence-electron chi connectivity index (χ0n) is 12.1. The van der Waals surface area contributed by atoms with E-state index in [1.165, 1.54) is 0 Å². The van der Waals surface area contributed by atoms with Gasteiger partial charge in [0.05, 0.1) is 6.61 Å². The zero-order valence-corrected chi connectivity index (χ0v) is 12.8. The number of hydrogen-bond acceptors (Lipinski definition) is 3. The second kappa shape index (κ2) is 8.41. The minimum atomic E-state index is -0.177. The van der Waals surface area contributed by atoms with Crippen LogP contribution in [0.3, 0.4) is 0 Å². The highest BCUT2D eigenvalue weighted by atomic mass is 35.5. The molecule has 2 rings (SSSR count). The number of amides is 1. The van der Waals surface area contributed by atoms with E-state index in [0.717, 1.165) is 17.5 Å². The van der Waals surface area contributed by atoms with Crippen molar-refractivity contribution < 1.29 is 14.6 Å². The summed E-state index contributed by atoms with van der Waals surface area (Å²) in [6.07, 6.45) is 0.739. The highest BCUT2D eigenvalue weighted by Gasteiger charge is 2.03. The Morgan fingerprint density at radius 2 is 1.91 bits per heavy atom. The predicted molar refractivity (Wildman–Crippen MR) is 86.0 cm³/mol. The Morgan fingerprint density at radius 1 is 1.14 bits per heavy atom. The fraction of sp³-hybridized carbons (Fsp3) is 0.235. The molecule has 116 valence electrons. The highest BCUT2D eigenvalue weighted by Crippen LogP contribution is 2.13. The maximum atomic E-state index is 11.7. The maximum absolute atomic E-state index is 11.7. The van der Waals surface area contributed by atoms with Crippen molar-refractivity contribution in [2.75, 3.05) is 13.2 Å². The molecule has 4 nitrogen and oxygen atoms in total. The van der Waals surface area contributed by atoms with Crippen molar-refractivity contribution in [3.8, 4) is 5.75 Å². The van der Waals surface area contributed by atoms with Gasteiger partial charge in [-0.25, -0.2) is 0 Å². The van der Waals surface area contributed by atoms with Crippen LogP contribution < -0.4 is 10.1 Å². The van der Waals surface area contributed by atoms with Crippen LogP contribution in [0, 0.1) is 0 Å². The topological polar surface area (TPSA) is 58.6 Å². The molecule has 0 aliphatic rings. The van der Waals surface area contributed by atoms with Gasteiger partial charge in [-0.05, 0) is 41.8 Å². The number of halogens is 1. The molecule has 0 aliphatic heterocycles. The van der Waals surface area contributed by atoms with Crippen LogP contribution in [0.2, 0.25) is 5.02 Å². The predicted octanol–water partition coefficient (Wildman–Crippen LogP) is 2.57. The maximum Gasteiger partial charge on any atom is 0.257 e. The average Bonchev–Trinajstić information content (AvgIpc) is 2.55. The molecular formula is C17H18ClNO3. The second-order valence-corrected chi connectivity index (χ2v) is 5.26. The van der Waals surface area contributed by atoms with Crippen LogP contribution in [0.15, 0.2) is 48.5 Å². The molecule has 0 heterocycles. The lowest BCUT2D eigenvalue weighted by atomic mass is 10.1. The minimum Gasteiger partial charge on any atom is -0.484 e. The second-order valence-electron chi connectivity index (χ2n) is 4.82. The Morgan fingerprint density at radius 3 is 2.64 bits per heavy atom. The quantitative estimate of drug-likeness (QED) is 0.824. The van der Waals surface area contributed by atoms with Crippen molar-refractivity contribution in [3.05, 3.63) is 64.7 Å². The molecule has 1 amide bonds. The van der Waals surface area contributed by atoms with Gasteiger partial charge >= 0.3 is 0 Å². The van der Waals surface area contributed by atoms with Crippen LogP contribution in [-0.4, -0.2) is 24.2 Å². The van der Waals surface area contributed by atoms with Gasteiger partial charge in [0, 0.05) is 11.6 Å². The van der Waals surface area contributed by atoms with Crippen LogP contribution in [0.5, 0.6) is 5.75 Å². The molecule has 5 heteroatoms. The first-order chi connectivity index (χ1) is 10.7. The Labute approximate surface area is 134 Å². The number of hydrogen-bond donors (Lipinski definition) is 2. The van der Waals surface area contributed by atoms with Crippen LogP contribution in [0.25, 0.3) is 0 Å². The lowest BCUT2D eigenvalue weighted by molar-refractivity contribution is -0.123. The Kier molecular flexibility index (Phi) is 6.25. The van der Waals surface area contributed by atoms with Crippen LogP contribution in [0.1, 0.15) is 11.1 Å². The standard InChI is InChI=1S/C17H18ClNO3/c18-15-6-4-13(5-7-15)8-9-19-17(21)12-22-16-3-1-2-14(10-16)11-20/h1-7,10,20H,8-9,11-12H2,(H,19,21). The third-order valence-corrected chi connectivity index (χ3v) is 3.35. The normalized spacial score (nSPS) is 10.3. The molecule has 0 saturated carbocycles. The van der Waals surface area contributed by atoms with E-state index in [0.29, 0.717) is 17.3 Å². The molecule has 0 radical (unpaired) electrons. The van der Waals surface area contributed by atoms with Crippen LogP contribution >= 0.6 is 11.6 Å². The van der Waals surface area contributed by atoms with Crippen LogP contribution in [-0.2, 0) is 17.8 Å². The van der Waals surface area contributed by atoms with E-state index in [-0.39, 0.29) is 19.1 Å². The summed E-state index contributed by atoms with van der Waals surface area (Å²) in [6.45, 7) is 0.445. The summed E-state index contributed by atoms with van der Waals surface area (Å²) in [5.41, 5.74) is 1.86. The van der Waals surface area contributed by atoms with Crippen molar-refractivity contribution in [2.45, 2.75) is 13.0 Å². The van der Waals surface area contributed by atoms with E-state index in [9.17, 15) is 4.79 Å². The van der Waals surface area contributed by atoms with E-state index in [1.54, 1.807) is 24.3 Å². The number of benzene rings is 2. The molecule has 0 atom stereocenters. The Hall–Kier alpha value is -2.04. The first-order valence-electron chi connectivity index (χ1n) is 7.01. The Balaban J connectivity index is 1.70. The molecular weight excluding hydrogens is 302 g/mol. The molecule has 22 heavy (non-hydrogen) atoms. The number of nitrogens with one attached hydrogen (secondary N) is 1. The molecule has 0 aliphatic carbocycles. The molecule has 0 fully saturated rings. The Bertz CT molecular complexity index is 614. The summed E-state index contributed by atoms with van der Waals surface area (Å²) in [7, 11) is 0. The minimum absolute atomic E-state index is 0.0461. The molecule has 2 aromatic carbocycles. The number of aliphatic hydroxyl groups is 1. The highest BCUT2D eigenvalue weighted by molar-refractivity contribution is 6.30. The van der Waals surface area contributed by atoms with Gasteiger partial charge in [-0.1, -0.05) is 35.9 Å². The molecule has 0 spiro atoms. The van der Waals surface area contributed by atoms with Crippen molar-refractivity contribution in [3.63, 3.8) is 0 Å². The third kappa shape index (κ3) is 5.39. The lowest BCUT2D eigenvalue weighted by Crippen LogP contribution is -2.30. The lowest BCUT2D eigenvalue weighted by Gasteiger charge is -2.08. The zero-order chi connectivity index (χ0) is 15.8. The van der Waals surface area contributed by atoms with Crippen LogP contribution in [0.4, 0.5) is 0 Å². The summed E-state index contributed by atoms with van der Waals surface area (Å²) >= 11 is 5.82. The molecule has 0 bridgehead atoms. The number of carbonyl (C=O) groups is 1. The SMILES string of the molecule is O=C(COc1cccc(CO)c1)NCCc1ccc(Cl)cc1. The van der Waals surface area contributed by atoms with Gasteiger partial charge in [0.2, 0.25) is 0 Å². The van der Waals surface area contributed by atoms with E-state index in [4.69, 9.17) is 21.4 Å². The smallest absolute Gasteiger partial charge is 0.257 e. The fourth-order valence-electron chi connectivity index (χ4n) is 1.93. The van der Waals surface area contributed by atoms with Crippen molar-refractivity contribution in [2.24, 2.45) is 0 Å². The number of aliphatic hydroxyl groups excluding tert-OH is 1. The van der Waals surface area contributed by atoms with E-state index < -0.39 is 0 Å². The van der Waals surface area contributed by atoms with Gasteiger partial charge in [-0.15, -0.1) is 0 Å². The summed E-state index contributed by atoms with van der Waals surface area (Å²) in [4.78, 5) is 11.7. The third-order valence-electron chi connectivity index (χ3n) is 3.10. The van der Waals surface area contributed by atoms with Crippen molar-refractivity contribution >= 4 is 17.5 Å². The first-order valence-corrected chi connectivity index (χ1v) is 7.39. The monoisotopic (exact) mass is 319 g/mol. The van der Waals surface area contributed by atoms with Gasteiger partial charge in [-0.3, -0.25) is 4.79 Å². The van der Waals surface area contributed by atoms with Gasteiger partial charge in [0.25, 0.3) is 5.91 Å². The van der Waals surface area contributed by atoms with Crippen molar-refractivity contribution in [1.29, 1.82) is 0 Å². The van der Waals surface area contributed by atoms with E-state index in [1.807, 2.05) is 24.3 Å². The van der Waals surface area contributed by atoms with E-state index >= 15 is 0 Å². The first kappa shape index (κ1) is 16.3. The number of rotatable bonds is 7. The molecule has 2 N–H and O–H groups in total. The largest absolute Gasteiger partial charge is 0.484 e. The summed E-state index contributed by atoms with van der Waals surface area (Å²) in [5.74, 6) is 0.391. The fourth-order valence-corrected chi connectivity index (χ4v) is 2.06. The van der Waals surface area contributed by atoms with Gasteiger partial charge in [-0.2, -0.15) is 0 Å². The molecule has 0 saturated heterocycles. The summed E-state index contributed by atoms with van der Waals surface area (Å²) < 4.78 is 5.39. The van der Waals surface area contributed by atoms with Crippen molar-refractivity contribution in [1.82, 2.24) is 5.32 Å². The molecule has 2 aromatic rings. The summed E-state index contributed by atoms with van der Waals surface area (Å²) in [6, 6.07) is 14.6. The molecule has 0 aromatic heterocycles. The van der Waals surface area contributed by atoms with E-state index in [2.05, 4.69) is 5.32 Å². The van der Waals surface area contributed by atoms with Gasteiger partial charge < -0.3 is 15.2 Å².